The monoisotopic (exact) mass is 423 g/mol. The van der Waals surface area contributed by atoms with Gasteiger partial charge in [-0.05, 0) is 37.9 Å². The Bertz CT molecular complexity index is 846. The highest BCUT2D eigenvalue weighted by molar-refractivity contribution is 7.89. The van der Waals surface area contributed by atoms with Crippen LogP contribution in [0.5, 0.6) is 11.5 Å². The predicted molar refractivity (Wildman–Crippen MR) is 108 cm³/mol. The summed E-state index contributed by atoms with van der Waals surface area (Å²) in [6.07, 6.45) is 2.51. The summed E-state index contributed by atoms with van der Waals surface area (Å²) in [5.74, 6) is 0.739. The van der Waals surface area contributed by atoms with Crippen LogP contribution in [0.15, 0.2) is 23.1 Å². The van der Waals surface area contributed by atoms with E-state index in [2.05, 4.69) is 11.8 Å². The second-order valence-corrected chi connectivity index (χ2v) is 9.69. The lowest BCUT2D eigenvalue weighted by Gasteiger charge is -2.34. The molecule has 160 valence electrons. The number of benzene rings is 1. The molecular formula is C20H29N3O5S. The number of hydrogen-bond donors (Lipinski definition) is 0. The summed E-state index contributed by atoms with van der Waals surface area (Å²) in [4.78, 5) is 16.9. The number of piperidine rings is 1. The average molecular weight is 424 g/mol. The molecule has 1 atom stereocenters. The van der Waals surface area contributed by atoms with Crippen molar-refractivity contribution in [2.24, 2.45) is 0 Å². The Hall–Kier alpha value is -1.84. The van der Waals surface area contributed by atoms with Crippen molar-refractivity contribution < 1.29 is 22.7 Å². The van der Waals surface area contributed by atoms with Gasteiger partial charge in [-0.25, -0.2) is 8.42 Å². The second kappa shape index (κ2) is 8.49. The van der Waals surface area contributed by atoms with Gasteiger partial charge in [0.25, 0.3) is 5.91 Å². The van der Waals surface area contributed by atoms with Crippen molar-refractivity contribution in [2.45, 2.75) is 37.2 Å². The van der Waals surface area contributed by atoms with Crippen LogP contribution in [0.2, 0.25) is 0 Å². The van der Waals surface area contributed by atoms with Gasteiger partial charge in [-0.2, -0.15) is 4.31 Å². The minimum atomic E-state index is -3.58. The van der Waals surface area contributed by atoms with Gasteiger partial charge in [0.2, 0.25) is 16.1 Å². The number of amides is 1. The topological polar surface area (TPSA) is 79.4 Å². The second-order valence-electron chi connectivity index (χ2n) is 7.75. The van der Waals surface area contributed by atoms with Crippen molar-refractivity contribution in [2.75, 3.05) is 52.4 Å². The lowest BCUT2D eigenvalue weighted by molar-refractivity contribution is -0.142. The molecule has 0 aliphatic carbocycles. The Morgan fingerprint density at radius 1 is 1.03 bits per heavy atom. The molecule has 0 N–H and O–H groups in total. The van der Waals surface area contributed by atoms with Crippen LogP contribution in [0.25, 0.3) is 0 Å². The number of likely N-dealkylation sites (N-methyl/N-ethyl adjacent to an activating group) is 1. The van der Waals surface area contributed by atoms with Crippen molar-refractivity contribution >= 4 is 15.9 Å². The zero-order chi connectivity index (χ0) is 20.4. The Balaban J connectivity index is 1.45. The van der Waals surface area contributed by atoms with E-state index in [0.717, 1.165) is 52.0 Å². The Morgan fingerprint density at radius 2 is 1.76 bits per heavy atom. The van der Waals surface area contributed by atoms with Crippen molar-refractivity contribution in [3.8, 4) is 11.5 Å². The summed E-state index contributed by atoms with van der Waals surface area (Å²) in [6.45, 7) is 7.06. The molecule has 0 saturated carbocycles. The number of sulfonamides is 1. The smallest absolute Gasteiger partial charge is 0.267 e. The van der Waals surface area contributed by atoms with Crippen LogP contribution in [-0.2, 0) is 14.8 Å². The predicted octanol–water partition coefficient (Wildman–Crippen LogP) is 1.17. The van der Waals surface area contributed by atoms with Crippen LogP contribution in [0.1, 0.15) is 26.2 Å². The van der Waals surface area contributed by atoms with E-state index in [9.17, 15) is 13.2 Å². The first-order chi connectivity index (χ1) is 14.0. The summed E-state index contributed by atoms with van der Waals surface area (Å²) in [5, 5.41) is 0. The van der Waals surface area contributed by atoms with Gasteiger partial charge < -0.3 is 19.3 Å². The Labute approximate surface area is 172 Å². The lowest BCUT2D eigenvalue weighted by atomic mass is 10.1. The lowest BCUT2D eigenvalue weighted by Crippen LogP contribution is -2.48. The fourth-order valence-electron chi connectivity index (χ4n) is 4.09. The fraction of sp³-hybridized carbons (Fsp3) is 0.650. The molecule has 3 aliphatic rings. The number of nitrogens with zero attached hydrogens (tertiary/aromatic N) is 3. The van der Waals surface area contributed by atoms with Crippen molar-refractivity contribution in [1.29, 1.82) is 0 Å². The largest absolute Gasteiger partial charge is 0.485 e. The van der Waals surface area contributed by atoms with Gasteiger partial charge in [0.05, 0.1) is 4.90 Å². The summed E-state index contributed by atoms with van der Waals surface area (Å²) in [5.41, 5.74) is 0. The summed E-state index contributed by atoms with van der Waals surface area (Å²) < 4.78 is 39.1. The van der Waals surface area contributed by atoms with Gasteiger partial charge in [-0.15, -0.1) is 0 Å². The molecule has 3 heterocycles. The normalized spacial score (nSPS) is 23.8. The van der Waals surface area contributed by atoms with Crippen LogP contribution in [-0.4, -0.2) is 87.0 Å². The molecular weight excluding hydrogens is 394 g/mol. The first kappa shape index (κ1) is 20.4. The van der Waals surface area contributed by atoms with Crippen molar-refractivity contribution in [3.63, 3.8) is 0 Å². The average Bonchev–Trinajstić information content (AvgIpc) is 2.78. The van der Waals surface area contributed by atoms with E-state index in [4.69, 9.17) is 9.47 Å². The van der Waals surface area contributed by atoms with Crippen LogP contribution in [0, 0.1) is 0 Å². The number of carbonyl (C=O) groups is 1. The zero-order valence-corrected chi connectivity index (χ0v) is 17.7. The summed E-state index contributed by atoms with van der Waals surface area (Å²) in [6, 6.07) is 4.65. The maximum Gasteiger partial charge on any atom is 0.267 e. The minimum absolute atomic E-state index is 0.0548. The van der Waals surface area contributed by atoms with Crippen molar-refractivity contribution in [1.82, 2.24) is 14.1 Å². The van der Waals surface area contributed by atoms with Crippen molar-refractivity contribution in [3.05, 3.63) is 18.2 Å². The van der Waals surface area contributed by atoms with Crippen LogP contribution < -0.4 is 9.47 Å². The molecule has 1 aromatic rings. The molecule has 2 saturated heterocycles. The summed E-state index contributed by atoms with van der Waals surface area (Å²) in [7, 11) is -3.58. The van der Waals surface area contributed by atoms with E-state index in [1.54, 1.807) is 6.07 Å². The van der Waals surface area contributed by atoms with Gasteiger partial charge in [0, 0.05) is 45.3 Å². The molecule has 4 rings (SSSR count). The number of ether oxygens (including phenoxy) is 2. The SMILES string of the molecule is CCN1CCN(S(=O)(=O)c2ccc3c(c2)OCC(C(=O)N2CCCCC2)O3)CC1. The van der Waals surface area contributed by atoms with E-state index in [-0.39, 0.29) is 17.4 Å². The third kappa shape index (κ3) is 4.22. The minimum Gasteiger partial charge on any atom is -0.485 e. The first-order valence-electron chi connectivity index (χ1n) is 10.4. The maximum atomic E-state index is 13.0. The van der Waals surface area contributed by atoms with E-state index < -0.39 is 16.1 Å². The number of carbonyl (C=O) groups excluding carboxylic acids is 1. The number of rotatable bonds is 4. The van der Waals surface area contributed by atoms with Crippen LogP contribution >= 0.6 is 0 Å². The van der Waals surface area contributed by atoms with Crippen LogP contribution in [0.4, 0.5) is 0 Å². The molecule has 1 unspecified atom stereocenters. The first-order valence-corrected chi connectivity index (χ1v) is 11.9. The summed E-state index contributed by atoms with van der Waals surface area (Å²) >= 11 is 0. The fourth-order valence-corrected chi connectivity index (χ4v) is 5.52. The molecule has 0 radical (unpaired) electrons. The van der Waals surface area contributed by atoms with E-state index in [0.29, 0.717) is 24.6 Å². The Kier molecular flexibility index (Phi) is 5.98. The molecule has 1 amide bonds. The van der Waals surface area contributed by atoms with E-state index >= 15 is 0 Å². The number of hydrogen-bond acceptors (Lipinski definition) is 6. The van der Waals surface area contributed by atoms with E-state index in [1.807, 2.05) is 4.90 Å². The highest BCUT2D eigenvalue weighted by atomic mass is 32.2. The number of piperazine rings is 1. The third-order valence-electron chi connectivity index (χ3n) is 5.93. The molecule has 9 heteroatoms. The van der Waals surface area contributed by atoms with Crippen LogP contribution in [0.3, 0.4) is 0 Å². The van der Waals surface area contributed by atoms with Gasteiger partial charge in [0.15, 0.2) is 11.5 Å². The molecule has 0 spiro atoms. The standard InChI is InChI=1S/C20H29N3O5S/c1-2-21-10-12-23(13-11-21)29(25,26)16-6-7-17-18(14-16)27-15-19(28-17)20(24)22-8-4-3-5-9-22/h6-7,14,19H,2-5,8-13,15H2,1H3. The molecule has 0 bridgehead atoms. The van der Waals surface area contributed by atoms with Gasteiger partial charge in [-0.3, -0.25) is 4.79 Å². The molecule has 3 aliphatic heterocycles. The zero-order valence-electron chi connectivity index (χ0n) is 16.9. The molecule has 0 aromatic heterocycles. The maximum absolute atomic E-state index is 13.0. The highest BCUT2D eigenvalue weighted by Crippen LogP contribution is 2.35. The third-order valence-corrected chi connectivity index (χ3v) is 7.83. The molecule has 1 aromatic carbocycles. The van der Waals surface area contributed by atoms with E-state index in [1.165, 1.54) is 16.4 Å². The number of fused-ring (bicyclic) bond motifs is 1. The highest BCUT2D eigenvalue weighted by Gasteiger charge is 2.34. The Morgan fingerprint density at radius 3 is 2.45 bits per heavy atom. The molecule has 2 fully saturated rings. The number of likely N-dealkylation sites (tertiary alicyclic amines) is 1. The molecule has 8 nitrogen and oxygen atoms in total. The van der Waals surface area contributed by atoms with Gasteiger partial charge in [0.1, 0.15) is 6.61 Å². The quantitative estimate of drug-likeness (QED) is 0.723. The van der Waals surface area contributed by atoms with Gasteiger partial charge in [-0.1, -0.05) is 6.92 Å². The van der Waals surface area contributed by atoms with Gasteiger partial charge >= 0.3 is 0 Å². The molecule has 29 heavy (non-hydrogen) atoms.